The number of nitrogens with one attached hydrogen (secondary N) is 3. The number of carbonyl (C=O) groups is 3. The predicted octanol–water partition coefficient (Wildman–Crippen LogP) is 8.14. The van der Waals surface area contributed by atoms with Crippen molar-refractivity contribution in [2.45, 2.75) is 30.9 Å². The third kappa shape index (κ3) is 8.26. The number of amides is 3. The SMILES string of the molecule is Cc1ccc(C)c(NC(=O)C(C)Sc2ccc(NC(=O)/C(=C/c3cccc(Cl)c3Cl)NC(=O)c3ccccc3)cc2)c1. The highest BCUT2D eigenvalue weighted by molar-refractivity contribution is 8.00. The zero-order valence-corrected chi connectivity index (χ0v) is 25.5. The van der Waals surface area contributed by atoms with Crippen LogP contribution >= 0.6 is 35.0 Å². The summed E-state index contributed by atoms with van der Waals surface area (Å²) < 4.78 is 0. The molecular formula is C33H29Cl2N3O3S. The second-order valence-electron chi connectivity index (χ2n) is 9.57. The maximum Gasteiger partial charge on any atom is 0.272 e. The monoisotopic (exact) mass is 617 g/mol. The fourth-order valence-electron chi connectivity index (χ4n) is 3.91. The molecule has 3 N–H and O–H groups in total. The van der Waals surface area contributed by atoms with E-state index in [4.69, 9.17) is 23.2 Å². The first-order valence-corrected chi connectivity index (χ1v) is 14.7. The van der Waals surface area contributed by atoms with E-state index < -0.39 is 11.8 Å². The molecule has 42 heavy (non-hydrogen) atoms. The Labute approximate surface area is 259 Å². The maximum atomic E-state index is 13.3. The summed E-state index contributed by atoms with van der Waals surface area (Å²) in [6.45, 7) is 5.78. The standard InChI is InChI=1S/C33H29Cl2N3O3S/c1-20-12-13-21(2)28(18-20)37-31(39)22(3)42-26-16-14-25(15-17-26)36-33(41)29(19-24-10-7-11-27(34)30(24)35)38-32(40)23-8-5-4-6-9-23/h4-19,22H,1-3H3,(H,36,41)(H,37,39)(H,38,40)/b29-19-. The van der Waals surface area contributed by atoms with Gasteiger partial charge in [-0.25, -0.2) is 0 Å². The molecule has 0 saturated heterocycles. The average molecular weight is 619 g/mol. The molecule has 1 unspecified atom stereocenters. The molecule has 4 aromatic carbocycles. The van der Waals surface area contributed by atoms with Gasteiger partial charge in [0.05, 0.1) is 15.3 Å². The van der Waals surface area contributed by atoms with Crippen molar-refractivity contribution in [3.05, 3.63) is 129 Å². The topological polar surface area (TPSA) is 87.3 Å². The molecule has 9 heteroatoms. The van der Waals surface area contributed by atoms with Gasteiger partial charge in [-0.05, 0) is 92.1 Å². The van der Waals surface area contributed by atoms with E-state index >= 15 is 0 Å². The zero-order chi connectivity index (χ0) is 30.2. The van der Waals surface area contributed by atoms with Crippen molar-refractivity contribution in [2.24, 2.45) is 0 Å². The van der Waals surface area contributed by atoms with E-state index in [-0.39, 0.29) is 21.9 Å². The molecule has 3 amide bonds. The van der Waals surface area contributed by atoms with Gasteiger partial charge in [-0.15, -0.1) is 11.8 Å². The molecule has 0 spiro atoms. The molecule has 0 fully saturated rings. The van der Waals surface area contributed by atoms with Crippen molar-refractivity contribution in [1.29, 1.82) is 0 Å². The number of thioether (sulfide) groups is 1. The minimum Gasteiger partial charge on any atom is -0.325 e. The van der Waals surface area contributed by atoms with Gasteiger partial charge in [0.1, 0.15) is 5.70 Å². The van der Waals surface area contributed by atoms with E-state index in [9.17, 15) is 14.4 Å². The molecule has 214 valence electrons. The van der Waals surface area contributed by atoms with Crippen LogP contribution in [0, 0.1) is 13.8 Å². The quantitative estimate of drug-likeness (QED) is 0.131. The number of anilines is 2. The van der Waals surface area contributed by atoms with E-state index in [1.807, 2.05) is 51.1 Å². The van der Waals surface area contributed by atoms with Crippen LogP contribution in [-0.4, -0.2) is 23.0 Å². The summed E-state index contributed by atoms with van der Waals surface area (Å²) in [5.74, 6) is -1.10. The largest absolute Gasteiger partial charge is 0.325 e. The summed E-state index contributed by atoms with van der Waals surface area (Å²) in [6.07, 6.45) is 1.48. The Bertz CT molecular complexity index is 1640. The van der Waals surface area contributed by atoms with Crippen molar-refractivity contribution >= 4 is 70.1 Å². The highest BCUT2D eigenvalue weighted by atomic mass is 35.5. The second kappa shape index (κ2) is 14.2. The summed E-state index contributed by atoms with van der Waals surface area (Å²) in [5.41, 5.74) is 4.23. The van der Waals surface area contributed by atoms with Crippen LogP contribution in [0.15, 0.2) is 102 Å². The minimum absolute atomic E-state index is 0.0109. The van der Waals surface area contributed by atoms with Crippen molar-refractivity contribution < 1.29 is 14.4 Å². The second-order valence-corrected chi connectivity index (χ2v) is 11.8. The van der Waals surface area contributed by atoms with Crippen LogP contribution in [0.4, 0.5) is 11.4 Å². The maximum absolute atomic E-state index is 13.3. The van der Waals surface area contributed by atoms with Gasteiger partial charge in [0.2, 0.25) is 5.91 Å². The number of hydrogen-bond acceptors (Lipinski definition) is 4. The lowest BCUT2D eigenvalue weighted by Crippen LogP contribution is -2.30. The summed E-state index contributed by atoms with van der Waals surface area (Å²) in [7, 11) is 0. The molecule has 4 aromatic rings. The first kappa shape index (κ1) is 30.9. The summed E-state index contributed by atoms with van der Waals surface area (Å²) in [4.78, 5) is 39.9. The van der Waals surface area contributed by atoms with Crippen LogP contribution in [0.1, 0.15) is 34.0 Å². The number of benzene rings is 4. The van der Waals surface area contributed by atoms with Gasteiger partial charge in [-0.1, -0.05) is 65.7 Å². The fourth-order valence-corrected chi connectivity index (χ4v) is 5.14. The Balaban J connectivity index is 1.46. The van der Waals surface area contributed by atoms with Crippen LogP contribution in [0.25, 0.3) is 6.08 Å². The fraction of sp³-hybridized carbons (Fsp3) is 0.121. The van der Waals surface area contributed by atoms with Crippen LogP contribution in [0.2, 0.25) is 10.0 Å². The lowest BCUT2D eigenvalue weighted by Gasteiger charge is -2.15. The molecule has 4 rings (SSSR count). The Morgan fingerprint density at radius 1 is 0.833 bits per heavy atom. The van der Waals surface area contributed by atoms with E-state index in [2.05, 4.69) is 16.0 Å². The van der Waals surface area contributed by atoms with Crippen molar-refractivity contribution in [1.82, 2.24) is 5.32 Å². The molecule has 0 radical (unpaired) electrons. The summed E-state index contributed by atoms with van der Waals surface area (Å²) in [5, 5.41) is 8.73. The first-order chi connectivity index (χ1) is 20.1. The predicted molar refractivity (Wildman–Crippen MR) is 173 cm³/mol. The van der Waals surface area contributed by atoms with Crippen molar-refractivity contribution in [2.75, 3.05) is 10.6 Å². The van der Waals surface area contributed by atoms with Crippen molar-refractivity contribution in [3.63, 3.8) is 0 Å². The van der Waals surface area contributed by atoms with Gasteiger partial charge in [0.25, 0.3) is 11.8 Å². The number of halogens is 2. The number of carbonyl (C=O) groups excluding carboxylic acids is 3. The number of hydrogen-bond donors (Lipinski definition) is 3. The number of rotatable bonds is 9. The average Bonchev–Trinajstić information content (AvgIpc) is 2.98. The summed E-state index contributed by atoms with van der Waals surface area (Å²) in [6, 6.07) is 26.7. The Morgan fingerprint density at radius 2 is 1.55 bits per heavy atom. The van der Waals surface area contributed by atoms with Crippen LogP contribution in [-0.2, 0) is 9.59 Å². The van der Waals surface area contributed by atoms with Gasteiger partial charge in [0, 0.05) is 21.8 Å². The lowest BCUT2D eigenvalue weighted by atomic mass is 10.1. The third-order valence-corrected chi connectivity index (χ3v) is 8.20. The van der Waals surface area contributed by atoms with E-state index in [1.54, 1.807) is 60.7 Å². The van der Waals surface area contributed by atoms with Crippen LogP contribution in [0.3, 0.4) is 0 Å². The molecule has 6 nitrogen and oxygen atoms in total. The lowest BCUT2D eigenvalue weighted by molar-refractivity contribution is -0.115. The Morgan fingerprint density at radius 3 is 2.26 bits per heavy atom. The molecule has 0 aromatic heterocycles. The normalized spacial score (nSPS) is 11.9. The number of aryl methyl sites for hydroxylation is 2. The highest BCUT2D eigenvalue weighted by Gasteiger charge is 2.18. The van der Waals surface area contributed by atoms with E-state index in [0.29, 0.717) is 21.8 Å². The first-order valence-electron chi connectivity index (χ1n) is 13.1. The molecule has 0 aliphatic carbocycles. The van der Waals surface area contributed by atoms with Crippen LogP contribution < -0.4 is 16.0 Å². The summed E-state index contributed by atoms with van der Waals surface area (Å²) >= 11 is 13.9. The smallest absolute Gasteiger partial charge is 0.272 e. The van der Waals surface area contributed by atoms with Crippen LogP contribution in [0.5, 0.6) is 0 Å². The van der Waals surface area contributed by atoms with Gasteiger partial charge in [-0.2, -0.15) is 0 Å². The Hall–Kier alpha value is -4.04. The zero-order valence-electron chi connectivity index (χ0n) is 23.2. The molecule has 0 aliphatic rings. The molecule has 0 bridgehead atoms. The van der Waals surface area contributed by atoms with Gasteiger partial charge >= 0.3 is 0 Å². The highest BCUT2D eigenvalue weighted by Crippen LogP contribution is 2.28. The third-order valence-electron chi connectivity index (χ3n) is 6.26. The minimum atomic E-state index is -0.544. The van der Waals surface area contributed by atoms with Gasteiger partial charge < -0.3 is 16.0 Å². The van der Waals surface area contributed by atoms with Crippen molar-refractivity contribution in [3.8, 4) is 0 Å². The van der Waals surface area contributed by atoms with Gasteiger partial charge in [-0.3, -0.25) is 14.4 Å². The molecular weight excluding hydrogens is 589 g/mol. The molecule has 0 saturated carbocycles. The van der Waals surface area contributed by atoms with Gasteiger partial charge in [0.15, 0.2) is 0 Å². The molecule has 0 heterocycles. The molecule has 0 aliphatic heterocycles. The molecule has 1 atom stereocenters. The Kier molecular flexibility index (Phi) is 10.5. The van der Waals surface area contributed by atoms with E-state index in [0.717, 1.165) is 21.7 Å². The van der Waals surface area contributed by atoms with E-state index in [1.165, 1.54) is 17.8 Å².